The first-order valence-electron chi connectivity index (χ1n) is 6.41. The molecule has 0 saturated heterocycles. The molecule has 1 N–H and O–H groups in total. The van der Waals surface area contributed by atoms with E-state index >= 15 is 0 Å². The average Bonchev–Trinajstić information content (AvgIpc) is 2.73. The third-order valence-corrected chi connectivity index (χ3v) is 2.77. The number of nitrogens with zero attached hydrogens (tertiary/aromatic N) is 3. The van der Waals surface area contributed by atoms with Crippen LogP contribution in [0.25, 0.3) is 0 Å². The van der Waals surface area contributed by atoms with Gasteiger partial charge in [0.15, 0.2) is 5.75 Å². The highest BCUT2D eigenvalue weighted by Crippen LogP contribution is 2.19. The van der Waals surface area contributed by atoms with E-state index in [1.165, 1.54) is 5.56 Å². The van der Waals surface area contributed by atoms with Gasteiger partial charge in [-0.1, -0.05) is 19.9 Å². The molecule has 0 aromatic carbocycles. The Morgan fingerprint density at radius 2 is 2.16 bits per heavy atom. The molecule has 0 spiro atoms. The lowest BCUT2D eigenvalue weighted by atomic mass is 10.2. The van der Waals surface area contributed by atoms with Gasteiger partial charge in [-0.25, -0.2) is 4.98 Å². The van der Waals surface area contributed by atoms with Gasteiger partial charge >= 0.3 is 0 Å². The molecule has 0 amide bonds. The molecule has 19 heavy (non-hydrogen) atoms. The average molecular weight is 260 g/mol. The fraction of sp³-hybridized carbons (Fsp3) is 0.429. The molecule has 0 fully saturated rings. The molecule has 2 aromatic rings. The van der Waals surface area contributed by atoms with Gasteiger partial charge in [0.05, 0.1) is 12.4 Å². The standard InChI is InChI=1S/C14H20N4O/c1-10(2)15-7-12-5-6-14(17-11(12)3)19-13-8-16-18(4)9-13/h5-6,8-10,15H,7H2,1-4H3. The first kappa shape index (κ1) is 13.5. The van der Waals surface area contributed by atoms with Crippen molar-refractivity contribution in [2.45, 2.75) is 33.4 Å². The Labute approximate surface area is 113 Å². The summed E-state index contributed by atoms with van der Waals surface area (Å²) in [6, 6.07) is 4.39. The number of ether oxygens (including phenoxy) is 1. The highest BCUT2D eigenvalue weighted by Gasteiger charge is 2.05. The van der Waals surface area contributed by atoms with Crippen molar-refractivity contribution in [2.75, 3.05) is 0 Å². The van der Waals surface area contributed by atoms with Crippen LogP contribution >= 0.6 is 0 Å². The van der Waals surface area contributed by atoms with Crippen LogP contribution in [-0.2, 0) is 13.6 Å². The zero-order valence-electron chi connectivity index (χ0n) is 11.8. The number of rotatable bonds is 5. The fourth-order valence-electron chi connectivity index (χ4n) is 1.70. The fourth-order valence-corrected chi connectivity index (χ4v) is 1.70. The van der Waals surface area contributed by atoms with E-state index in [0.29, 0.717) is 17.7 Å². The van der Waals surface area contributed by atoms with Crippen LogP contribution in [0.1, 0.15) is 25.1 Å². The molecule has 2 rings (SSSR count). The minimum atomic E-state index is 0.464. The number of aromatic nitrogens is 3. The summed E-state index contributed by atoms with van der Waals surface area (Å²) in [5.41, 5.74) is 2.17. The molecule has 102 valence electrons. The summed E-state index contributed by atoms with van der Waals surface area (Å²) in [6.45, 7) is 7.07. The van der Waals surface area contributed by atoms with Crippen molar-refractivity contribution in [1.29, 1.82) is 0 Å². The van der Waals surface area contributed by atoms with Crippen LogP contribution in [-0.4, -0.2) is 20.8 Å². The summed E-state index contributed by atoms with van der Waals surface area (Å²) in [5.74, 6) is 1.29. The molecule has 5 nitrogen and oxygen atoms in total. The highest BCUT2D eigenvalue weighted by atomic mass is 16.5. The second-order valence-corrected chi connectivity index (χ2v) is 4.88. The molecule has 0 unspecified atom stereocenters. The molecule has 5 heteroatoms. The molecule has 0 aliphatic heterocycles. The minimum Gasteiger partial charge on any atom is -0.436 e. The van der Waals surface area contributed by atoms with E-state index in [0.717, 1.165) is 12.2 Å². The Hall–Kier alpha value is -1.88. The molecule has 0 radical (unpaired) electrons. The van der Waals surface area contributed by atoms with Crippen molar-refractivity contribution in [3.8, 4) is 11.6 Å². The summed E-state index contributed by atoms with van der Waals surface area (Å²) in [4.78, 5) is 4.46. The van der Waals surface area contributed by atoms with Gasteiger partial charge in [-0.2, -0.15) is 5.10 Å². The molecule has 0 atom stereocenters. The summed E-state index contributed by atoms with van der Waals surface area (Å²) in [6.07, 6.45) is 3.48. The van der Waals surface area contributed by atoms with Gasteiger partial charge < -0.3 is 10.1 Å². The van der Waals surface area contributed by atoms with E-state index < -0.39 is 0 Å². The minimum absolute atomic E-state index is 0.464. The van der Waals surface area contributed by atoms with Crippen molar-refractivity contribution < 1.29 is 4.74 Å². The first-order chi connectivity index (χ1) is 9.04. The van der Waals surface area contributed by atoms with Gasteiger partial charge in [-0.3, -0.25) is 4.68 Å². The predicted octanol–water partition coefficient (Wildman–Crippen LogP) is 2.41. The van der Waals surface area contributed by atoms with E-state index in [2.05, 4.69) is 29.2 Å². The molecule has 2 heterocycles. The van der Waals surface area contributed by atoms with Gasteiger partial charge in [0.2, 0.25) is 5.88 Å². The summed E-state index contributed by atoms with van der Waals surface area (Å²) in [5, 5.41) is 7.44. The third kappa shape index (κ3) is 3.79. The molecule has 0 aliphatic carbocycles. The maximum atomic E-state index is 5.65. The van der Waals surface area contributed by atoms with E-state index in [9.17, 15) is 0 Å². The molecule has 0 aliphatic rings. The lowest BCUT2D eigenvalue weighted by molar-refractivity contribution is 0.460. The zero-order valence-corrected chi connectivity index (χ0v) is 11.8. The summed E-state index contributed by atoms with van der Waals surface area (Å²) in [7, 11) is 1.85. The number of aryl methyl sites for hydroxylation is 2. The molecular weight excluding hydrogens is 240 g/mol. The van der Waals surface area contributed by atoms with Crippen LogP contribution in [0.15, 0.2) is 24.5 Å². The van der Waals surface area contributed by atoms with Gasteiger partial charge in [0.25, 0.3) is 0 Å². The molecule has 2 aromatic heterocycles. The quantitative estimate of drug-likeness (QED) is 0.897. The first-order valence-corrected chi connectivity index (χ1v) is 6.41. The van der Waals surface area contributed by atoms with Crippen molar-refractivity contribution >= 4 is 0 Å². The van der Waals surface area contributed by atoms with Gasteiger partial charge in [0, 0.05) is 31.4 Å². The number of nitrogens with one attached hydrogen (secondary N) is 1. The van der Waals surface area contributed by atoms with Crippen LogP contribution in [0.4, 0.5) is 0 Å². The van der Waals surface area contributed by atoms with Crippen LogP contribution in [0, 0.1) is 6.92 Å². The smallest absolute Gasteiger partial charge is 0.219 e. The normalized spacial score (nSPS) is 11.0. The van der Waals surface area contributed by atoms with Crippen LogP contribution in [0.5, 0.6) is 11.6 Å². The third-order valence-electron chi connectivity index (χ3n) is 2.77. The highest BCUT2D eigenvalue weighted by molar-refractivity contribution is 5.28. The Kier molecular flexibility index (Phi) is 4.16. The second kappa shape index (κ2) is 5.84. The van der Waals surface area contributed by atoms with E-state index in [1.807, 2.05) is 32.3 Å². The van der Waals surface area contributed by atoms with Crippen LogP contribution in [0.2, 0.25) is 0 Å². The monoisotopic (exact) mass is 260 g/mol. The number of pyridine rings is 1. The lowest BCUT2D eigenvalue weighted by Crippen LogP contribution is -2.22. The van der Waals surface area contributed by atoms with Crippen molar-refractivity contribution in [1.82, 2.24) is 20.1 Å². The molecule has 0 bridgehead atoms. The van der Waals surface area contributed by atoms with E-state index in [1.54, 1.807) is 10.9 Å². The Morgan fingerprint density at radius 3 is 2.74 bits per heavy atom. The topological polar surface area (TPSA) is 52.0 Å². The molecule has 0 saturated carbocycles. The zero-order chi connectivity index (χ0) is 13.8. The van der Waals surface area contributed by atoms with Gasteiger partial charge in [0.1, 0.15) is 0 Å². The van der Waals surface area contributed by atoms with Crippen molar-refractivity contribution in [3.05, 3.63) is 35.8 Å². The van der Waals surface area contributed by atoms with Gasteiger partial charge in [-0.05, 0) is 12.5 Å². The number of hydrogen-bond donors (Lipinski definition) is 1. The van der Waals surface area contributed by atoms with Gasteiger partial charge in [-0.15, -0.1) is 0 Å². The largest absolute Gasteiger partial charge is 0.436 e. The van der Waals surface area contributed by atoms with Crippen LogP contribution in [0.3, 0.4) is 0 Å². The van der Waals surface area contributed by atoms with E-state index in [4.69, 9.17) is 4.74 Å². The Balaban J connectivity index is 2.06. The Bertz CT molecular complexity index is 548. The van der Waals surface area contributed by atoms with Crippen molar-refractivity contribution in [2.24, 2.45) is 7.05 Å². The maximum absolute atomic E-state index is 5.65. The predicted molar refractivity (Wildman–Crippen MR) is 74.2 cm³/mol. The maximum Gasteiger partial charge on any atom is 0.219 e. The number of hydrogen-bond acceptors (Lipinski definition) is 4. The molecular formula is C14H20N4O. The lowest BCUT2D eigenvalue weighted by Gasteiger charge is -2.11. The Morgan fingerprint density at radius 1 is 1.37 bits per heavy atom. The second-order valence-electron chi connectivity index (χ2n) is 4.88. The van der Waals surface area contributed by atoms with E-state index in [-0.39, 0.29) is 0 Å². The van der Waals surface area contributed by atoms with Crippen molar-refractivity contribution in [3.63, 3.8) is 0 Å². The SMILES string of the molecule is Cc1nc(Oc2cnn(C)c2)ccc1CNC(C)C. The summed E-state index contributed by atoms with van der Waals surface area (Å²) < 4.78 is 7.34. The van der Waals surface area contributed by atoms with Crippen LogP contribution < -0.4 is 10.1 Å². The summed E-state index contributed by atoms with van der Waals surface area (Å²) >= 11 is 0.